The lowest BCUT2D eigenvalue weighted by Gasteiger charge is -2.42. The van der Waals surface area contributed by atoms with Crippen LogP contribution in [0.3, 0.4) is 0 Å². The van der Waals surface area contributed by atoms with Crippen LogP contribution < -0.4 is 0 Å². The Hall–Kier alpha value is -1.50. The third-order valence-electron chi connectivity index (χ3n) is 4.06. The average molecular weight is 324 g/mol. The summed E-state index contributed by atoms with van der Waals surface area (Å²) in [6.45, 7) is 2.57. The fourth-order valence-electron chi connectivity index (χ4n) is 2.87. The average Bonchev–Trinajstić information content (AvgIpc) is 2.50. The smallest absolute Gasteiger partial charge is 0.225 e. The molecule has 0 spiro atoms. The summed E-state index contributed by atoms with van der Waals surface area (Å²) >= 11 is 0. The lowest BCUT2D eigenvalue weighted by Crippen LogP contribution is -2.55. The van der Waals surface area contributed by atoms with E-state index in [1.165, 1.54) is 6.07 Å². The molecule has 1 aromatic carbocycles. The van der Waals surface area contributed by atoms with Gasteiger partial charge in [0.15, 0.2) is 0 Å². The first-order valence-corrected chi connectivity index (χ1v) is 7.74. The molecule has 0 saturated carbocycles. The van der Waals surface area contributed by atoms with E-state index in [0.717, 1.165) is 0 Å². The van der Waals surface area contributed by atoms with Crippen molar-refractivity contribution < 1.29 is 18.7 Å². The highest BCUT2D eigenvalue weighted by Gasteiger charge is 2.39. The molecule has 1 heterocycles. The minimum atomic E-state index is -0.681. The van der Waals surface area contributed by atoms with Gasteiger partial charge in [-0.2, -0.15) is 0 Å². The predicted octanol–water partition coefficient (Wildman–Crippen LogP) is 1.52. The second-order valence-corrected chi connectivity index (χ2v) is 6.23. The van der Waals surface area contributed by atoms with Crippen LogP contribution in [-0.4, -0.2) is 68.8 Å². The first-order valence-electron chi connectivity index (χ1n) is 7.74. The highest BCUT2D eigenvalue weighted by atomic mass is 19.1. The van der Waals surface area contributed by atoms with E-state index >= 15 is 0 Å². The van der Waals surface area contributed by atoms with Crippen LogP contribution in [-0.2, 0) is 20.8 Å². The second-order valence-electron chi connectivity index (χ2n) is 6.23. The van der Waals surface area contributed by atoms with Crippen molar-refractivity contribution in [3.05, 3.63) is 35.6 Å². The van der Waals surface area contributed by atoms with E-state index in [2.05, 4.69) is 4.90 Å². The highest BCUT2D eigenvalue weighted by Crippen LogP contribution is 2.25. The van der Waals surface area contributed by atoms with Gasteiger partial charge in [0.25, 0.3) is 0 Å². The van der Waals surface area contributed by atoms with Crippen LogP contribution in [0.25, 0.3) is 0 Å². The number of hydrogen-bond acceptors (Lipinski definition) is 4. The SMILES string of the molecule is COC[C@]1(CC(=O)N(C)C)CN(Cc2ccccc2F)CCO1. The molecule has 1 amide bonds. The van der Waals surface area contributed by atoms with E-state index in [4.69, 9.17) is 9.47 Å². The third-order valence-corrected chi connectivity index (χ3v) is 4.06. The van der Waals surface area contributed by atoms with E-state index < -0.39 is 5.60 Å². The van der Waals surface area contributed by atoms with Crippen molar-refractivity contribution in [1.82, 2.24) is 9.80 Å². The number of ether oxygens (including phenoxy) is 2. The zero-order chi connectivity index (χ0) is 16.9. The standard InChI is InChI=1S/C17H25FN2O3/c1-19(2)16(21)10-17(13-22-3)12-20(8-9-23-17)11-14-6-4-5-7-15(14)18/h4-7H,8-13H2,1-3H3/t17-/m0/s1. The highest BCUT2D eigenvalue weighted by molar-refractivity contribution is 5.76. The van der Waals surface area contributed by atoms with Crippen molar-refractivity contribution in [3.8, 4) is 0 Å². The molecule has 2 rings (SSSR count). The summed E-state index contributed by atoms with van der Waals surface area (Å²) in [6.07, 6.45) is 0.252. The molecule has 1 fully saturated rings. The van der Waals surface area contributed by atoms with E-state index in [1.54, 1.807) is 38.2 Å². The monoisotopic (exact) mass is 324 g/mol. The maximum atomic E-state index is 13.9. The number of amides is 1. The van der Waals surface area contributed by atoms with E-state index in [1.807, 2.05) is 6.07 Å². The van der Waals surface area contributed by atoms with Crippen molar-refractivity contribution >= 4 is 5.91 Å². The predicted molar refractivity (Wildman–Crippen MR) is 85.5 cm³/mol. The van der Waals surface area contributed by atoms with Gasteiger partial charge in [0.1, 0.15) is 11.4 Å². The quantitative estimate of drug-likeness (QED) is 0.796. The first kappa shape index (κ1) is 17.8. The molecule has 1 aliphatic rings. The van der Waals surface area contributed by atoms with Crippen LogP contribution in [0.15, 0.2) is 24.3 Å². The summed E-state index contributed by atoms with van der Waals surface area (Å²) in [5.41, 5.74) is -0.0285. The maximum Gasteiger partial charge on any atom is 0.225 e. The molecule has 1 atom stereocenters. The van der Waals surface area contributed by atoms with Crippen LogP contribution in [0, 0.1) is 5.82 Å². The number of nitrogens with zero attached hydrogens (tertiary/aromatic N) is 2. The molecular weight excluding hydrogens is 299 g/mol. The molecule has 1 aromatic rings. The Morgan fingerprint density at radius 3 is 2.83 bits per heavy atom. The molecular formula is C17H25FN2O3. The normalized spacial score (nSPS) is 22.1. The van der Waals surface area contributed by atoms with Crippen molar-refractivity contribution in [3.63, 3.8) is 0 Å². The van der Waals surface area contributed by atoms with Crippen molar-refractivity contribution in [1.29, 1.82) is 0 Å². The fraction of sp³-hybridized carbons (Fsp3) is 0.588. The van der Waals surface area contributed by atoms with Gasteiger partial charge in [-0.3, -0.25) is 9.69 Å². The number of halogens is 1. The zero-order valence-corrected chi connectivity index (χ0v) is 14.0. The van der Waals surface area contributed by atoms with Gasteiger partial charge in [-0.25, -0.2) is 4.39 Å². The number of carbonyl (C=O) groups excluding carboxylic acids is 1. The van der Waals surface area contributed by atoms with E-state index in [0.29, 0.717) is 38.4 Å². The molecule has 6 heteroatoms. The van der Waals surface area contributed by atoms with Gasteiger partial charge >= 0.3 is 0 Å². The Labute approximate surface area is 137 Å². The topological polar surface area (TPSA) is 42.0 Å². The van der Waals surface area contributed by atoms with E-state index in [-0.39, 0.29) is 18.1 Å². The van der Waals surface area contributed by atoms with Gasteiger partial charge < -0.3 is 14.4 Å². The number of methoxy groups -OCH3 is 1. The molecule has 0 unspecified atom stereocenters. The summed E-state index contributed by atoms with van der Waals surface area (Å²) in [4.78, 5) is 15.8. The second kappa shape index (κ2) is 7.86. The van der Waals surface area contributed by atoms with Crippen LogP contribution in [0.2, 0.25) is 0 Å². The molecule has 23 heavy (non-hydrogen) atoms. The van der Waals surface area contributed by atoms with Gasteiger partial charge in [-0.1, -0.05) is 18.2 Å². The van der Waals surface area contributed by atoms with Crippen molar-refractivity contribution in [2.24, 2.45) is 0 Å². The molecule has 1 saturated heterocycles. The van der Waals surface area contributed by atoms with Gasteiger partial charge in [0.05, 0.1) is 19.6 Å². The van der Waals surface area contributed by atoms with Gasteiger partial charge in [-0.05, 0) is 6.07 Å². The maximum absolute atomic E-state index is 13.9. The van der Waals surface area contributed by atoms with Crippen molar-refractivity contribution in [2.45, 2.75) is 18.6 Å². The minimum absolute atomic E-state index is 0.00482. The number of morpholine rings is 1. The molecule has 0 bridgehead atoms. The molecule has 128 valence electrons. The van der Waals surface area contributed by atoms with Gasteiger partial charge in [-0.15, -0.1) is 0 Å². The van der Waals surface area contributed by atoms with Crippen LogP contribution in [0.5, 0.6) is 0 Å². The van der Waals surface area contributed by atoms with Gasteiger partial charge in [0.2, 0.25) is 5.91 Å². The summed E-state index contributed by atoms with van der Waals surface area (Å²) < 4.78 is 25.1. The summed E-state index contributed by atoms with van der Waals surface area (Å²) in [6, 6.07) is 6.77. The largest absolute Gasteiger partial charge is 0.382 e. The van der Waals surface area contributed by atoms with E-state index in [9.17, 15) is 9.18 Å². The fourth-order valence-corrected chi connectivity index (χ4v) is 2.87. The summed E-state index contributed by atoms with van der Waals surface area (Å²) in [5.74, 6) is -0.213. The lowest BCUT2D eigenvalue weighted by molar-refractivity contribution is -0.160. The lowest BCUT2D eigenvalue weighted by atomic mass is 9.96. The molecule has 1 aliphatic heterocycles. The first-order chi connectivity index (χ1) is 11.0. The Bertz CT molecular complexity index is 534. The molecule has 0 N–H and O–H groups in total. The number of hydrogen-bond donors (Lipinski definition) is 0. The number of carbonyl (C=O) groups is 1. The van der Waals surface area contributed by atoms with Crippen molar-refractivity contribution in [2.75, 3.05) is 47.5 Å². The number of benzene rings is 1. The van der Waals surface area contributed by atoms with Crippen LogP contribution >= 0.6 is 0 Å². The number of rotatable bonds is 6. The van der Waals surface area contributed by atoms with Crippen LogP contribution in [0.4, 0.5) is 4.39 Å². The molecule has 0 radical (unpaired) electrons. The molecule has 5 nitrogen and oxygen atoms in total. The van der Waals surface area contributed by atoms with Gasteiger partial charge in [0, 0.05) is 46.4 Å². The molecule has 0 aromatic heterocycles. The summed E-state index contributed by atoms with van der Waals surface area (Å²) in [5, 5.41) is 0. The molecule has 0 aliphatic carbocycles. The Morgan fingerprint density at radius 2 is 2.17 bits per heavy atom. The third kappa shape index (κ3) is 4.73. The Kier molecular flexibility index (Phi) is 6.10. The summed E-state index contributed by atoms with van der Waals surface area (Å²) in [7, 11) is 5.05. The zero-order valence-electron chi connectivity index (χ0n) is 14.0. The minimum Gasteiger partial charge on any atom is -0.382 e. The Balaban J connectivity index is 2.09. The Morgan fingerprint density at radius 1 is 1.43 bits per heavy atom. The van der Waals surface area contributed by atoms with Crippen LogP contribution in [0.1, 0.15) is 12.0 Å².